The van der Waals surface area contributed by atoms with E-state index < -0.39 is 11.2 Å². The van der Waals surface area contributed by atoms with E-state index in [1.807, 2.05) is 42.5 Å². The molecule has 2 heterocycles. The Hall–Kier alpha value is -3.37. The molecule has 0 aliphatic rings. The molecule has 3 aromatic rings. The largest absolute Gasteiger partial charge is 0.385 e. The third-order valence-electron chi connectivity index (χ3n) is 4.92. The Kier molecular flexibility index (Phi) is 8.85. The first-order valence-corrected chi connectivity index (χ1v) is 11.6. The quantitative estimate of drug-likeness (QED) is 0.411. The van der Waals surface area contributed by atoms with Gasteiger partial charge in [-0.2, -0.15) is 0 Å². The SMILES string of the molecule is COCCCN(C(=O)CSCc1cccnc1)c1c(N)n(Cc2ccccc2)c(=O)[nH]c1=O. The molecule has 2 aromatic heterocycles. The van der Waals surface area contributed by atoms with E-state index in [2.05, 4.69) is 9.97 Å². The topological polar surface area (TPSA) is 123 Å². The van der Waals surface area contributed by atoms with E-state index in [0.717, 1.165) is 11.1 Å². The number of thioether (sulfide) groups is 1. The first-order valence-electron chi connectivity index (χ1n) is 10.4. The number of benzene rings is 1. The van der Waals surface area contributed by atoms with Gasteiger partial charge in [-0.15, -0.1) is 11.8 Å². The number of carbonyl (C=O) groups is 1. The minimum absolute atomic E-state index is 0.0198. The first kappa shape index (κ1) is 24.3. The van der Waals surface area contributed by atoms with Crippen molar-refractivity contribution < 1.29 is 9.53 Å². The average molecular weight is 470 g/mol. The normalized spacial score (nSPS) is 10.8. The van der Waals surface area contributed by atoms with E-state index in [1.54, 1.807) is 19.5 Å². The maximum atomic E-state index is 13.1. The van der Waals surface area contributed by atoms with Crippen LogP contribution in [-0.4, -0.2) is 46.5 Å². The Morgan fingerprint density at radius 2 is 1.94 bits per heavy atom. The van der Waals surface area contributed by atoms with Crippen molar-refractivity contribution >= 4 is 29.2 Å². The van der Waals surface area contributed by atoms with E-state index >= 15 is 0 Å². The number of anilines is 2. The van der Waals surface area contributed by atoms with Crippen LogP contribution in [0.3, 0.4) is 0 Å². The molecule has 0 aliphatic carbocycles. The van der Waals surface area contributed by atoms with Gasteiger partial charge in [0.25, 0.3) is 5.56 Å². The highest BCUT2D eigenvalue weighted by molar-refractivity contribution is 7.99. The number of nitrogens with two attached hydrogens (primary N) is 1. The fourth-order valence-corrected chi connectivity index (χ4v) is 4.15. The molecule has 0 radical (unpaired) electrons. The molecule has 9 nitrogen and oxygen atoms in total. The summed E-state index contributed by atoms with van der Waals surface area (Å²) in [6.07, 6.45) is 3.94. The van der Waals surface area contributed by atoms with Crippen molar-refractivity contribution in [1.82, 2.24) is 14.5 Å². The van der Waals surface area contributed by atoms with Crippen LogP contribution in [0, 0.1) is 0 Å². The number of pyridine rings is 1. The Labute approximate surface area is 195 Å². The zero-order valence-corrected chi connectivity index (χ0v) is 19.2. The van der Waals surface area contributed by atoms with Gasteiger partial charge in [0.2, 0.25) is 5.91 Å². The van der Waals surface area contributed by atoms with Crippen molar-refractivity contribution in [3.05, 3.63) is 86.8 Å². The third kappa shape index (κ3) is 6.56. The Morgan fingerprint density at radius 3 is 2.64 bits per heavy atom. The van der Waals surface area contributed by atoms with Crippen LogP contribution in [0.1, 0.15) is 17.5 Å². The summed E-state index contributed by atoms with van der Waals surface area (Å²) in [4.78, 5) is 46.1. The highest BCUT2D eigenvalue weighted by atomic mass is 32.2. The van der Waals surface area contributed by atoms with Gasteiger partial charge in [-0.05, 0) is 23.6 Å². The molecule has 0 fully saturated rings. The molecule has 0 saturated carbocycles. The number of ether oxygens (including phenoxy) is 1. The number of rotatable bonds is 11. The van der Waals surface area contributed by atoms with Gasteiger partial charge in [-0.1, -0.05) is 36.4 Å². The van der Waals surface area contributed by atoms with Crippen molar-refractivity contribution in [3.8, 4) is 0 Å². The second-order valence-corrected chi connectivity index (χ2v) is 8.30. The van der Waals surface area contributed by atoms with Gasteiger partial charge >= 0.3 is 5.69 Å². The summed E-state index contributed by atoms with van der Waals surface area (Å²) in [6, 6.07) is 13.0. The molecule has 0 spiro atoms. The van der Waals surface area contributed by atoms with Crippen molar-refractivity contribution in [2.45, 2.75) is 18.7 Å². The summed E-state index contributed by atoms with van der Waals surface area (Å²) < 4.78 is 6.38. The predicted molar refractivity (Wildman–Crippen MR) is 131 cm³/mol. The smallest absolute Gasteiger partial charge is 0.330 e. The second-order valence-electron chi connectivity index (χ2n) is 7.31. The standard InChI is InChI=1S/C23H27N5O4S/c1-32-12-6-11-27(19(29)16-33-15-18-9-5-10-25-13-18)20-21(24)28(23(31)26-22(20)30)14-17-7-3-2-4-8-17/h2-5,7-10,13H,6,11-12,14-16,24H2,1H3,(H,26,30,31). The van der Waals surface area contributed by atoms with Crippen LogP contribution in [0.2, 0.25) is 0 Å². The van der Waals surface area contributed by atoms with Crippen LogP contribution in [0.25, 0.3) is 0 Å². The first-order chi connectivity index (χ1) is 16.0. The molecule has 1 aromatic carbocycles. The monoisotopic (exact) mass is 469 g/mol. The zero-order valence-electron chi connectivity index (χ0n) is 18.4. The zero-order chi connectivity index (χ0) is 23.6. The number of H-pyrrole nitrogens is 1. The summed E-state index contributed by atoms with van der Waals surface area (Å²) >= 11 is 1.41. The second kappa shape index (κ2) is 12.0. The van der Waals surface area contributed by atoms with Crippen molar-refractivity contribution in [1.29, 1.82) is 0 Å². The van der Waals surface area contributed by atoms with Gasteiger partial charge in [0.1, 0.15) is 5.82 Å². The van der Waals surface area contributed by atoms with Gasteiger partial charge in [-0.3, -0.25) is 24.1 Å². The minimum Gasteiger partial charge on any atom is -0.385 e. The summed E-state index contributed by atoms with van der Waals surface area (Å²) in [5, 5.41) is 0. The molecular formula is C23H27N5O4S. The van der Waals surface area contributed by atoms with Crippen LogP contribution in [0.5, 0.6) is 0 Å². The Bertz CT molecular complexity index is 1160. The van der Waals surface area contributed by atoms with Crippen LogP contribution in [-0.2, 0) is 21.8 Å². The van der Waals surface area contributed by atoms with Crippen molar-refractivity contribution in [2.24, 2.45) is 0 Å². The Morgan fingerprint density at radius 1 is 1.18 bits per heavy atom. The number of nitrogen functional groups attached to an aromatic ring is 1. The fourth-order valence-electron chi connectivity index (χ4n) is 3.31. The summed E-state index contributed by atoms with van der Waals surface area (Å²) in [5.41, 5.74) is 6.80. The molecule has 10 heteroatoms. The number of aromatic nitrogens is 3. The van der Waals surface area contributed by atoms with Crippen molar-refractivity contribution in [2.75, 3.05) is 36.6 Å². The van der Waals surface area contributed by atoms with Crippen LogP contribution < -0.4 is 21.9 Å². The van der Waals surface area contributed by atoms with Gasteiger partial charge in [0, 0.05) is 38.4 Å². The maximum absolute atomic E-state index is 13.1. The Balaban J connectivity index is 1.87. The predicted octanol–water partition coefficient (Wildman–Crippen LogP) is 1.86. The molecule has 0 saturated heterocycles. The van der Waals surface area contributed by atoms with E-state index in [4.69, 9.17) is 10.5 Å². The lowest BCUT2D eigenvalue weighted by molar-refractivity contribution is -0.116. The van der Waals surface area contributed by atoms with Gasteiger partial charge in [-0.25, -0.2) is 4.79 Å². The summed E-state index contributed by atoms with van der Waals surface area (Å²) in [5.74, 6) is 0.418. The molecule has 3 N–H and O–H groups in total. The number of nitrogens with zero attached hydrogens (tertiary/aromatic N) is 3. The van der Waals surface area contributed by atoms with E-state index in [1.165, 1.54) is 21.2 Å². The average Bonchev–Trinajstić information content (AvgIpc) is 2.82. The molecule has 1 amide bonds. The van der Waals surface area contributed by atoms with E-state index in [0.29, 0.717) is 18.8 Å². The van der Waals surface area contributed by atoms with Crippen LogP contribution >= 0.6 is 11.8 Å². The van der Waals surface area contributed by atoms with E-state index in [9.17, 15) is 14.4 Å². The number of amides is 1. The molecular weight excluding hydrogens is 442 g/mol. The molecule has 174 valence electrons. The number of hydrogen-bond acceptors (Lipinski definition) is 7. The minimum atomic E-state index is -0.690. The lowest BCUT2D eigenvalue weighted by Gasteiger charge is -2.24. The molecule has 0 aliphatic heterocycles. The van der Waals surface area contributed by atoms with Crippen molar-refractivity contribution in [3.63, 3.8) is 0 Å². The van der Waals surface area contributed by atoms with Crippen LogP contribution in [0.4, 0.5) is 11.5 Å². The number of carbonyl (C=O) groups excluding carboxylic acids is 1. The number of nitrogens with one attached hydrogen (secondary N) is 1. The number of aromatic amines is 1. The fraction of sp³-hybridized carbons (Fsp3) is 0.304. The lowest BCUT2D eigenvalue weighted by Crippen LogP contribution is -2.42. The van der Waals surface area contributed by atoms with Gasteiger partial charge in [0.15, 0.2) is 5.69 Å². The highest BCUT2D eigenvalue weighted by Gasteiger charge is 2.24. The van der Waals surface area contributed by atoms with Crippen LogP contribution in [0.15, 0.2) is 64.4 Å². The number of methoxy groups -OCH3 is 1. The number of hydrogen-bond donors (Lipinski definition) is 2. The molecule has 0 unspecified atom stereocenters. The summed E-state index contributed by atoms with van der Waals surface area (Å²) in [7, 11) is 1.57. The third-order valence-corrected chi connectivity index (χ3v) is 5.90. The summed E-state index contributed by atoms with van der Waals surface area (Å²) in [6.45, 7) is 0.816. The molecule has 3 rings (SSSR count). The molecule has 0 bridgehead atoms. The maximum Gasteiger partial charge on any atom is 0.330 e. The molecule has 33 heavy (non-hydrogen) atoms. The van der Waals surface area contributed by atoms with Gasteiger partial charge < -0.3 is 15.4 Å². The molecule has 0 atom stereocenters. The van der Waals surface area contributed by atoms with E-state index in [-0.39, 0.29) is 36.3 Å². The lowest BCUT2D eigenvalue weighted by atomic mass is 10.2. The van der Waals surface area contributed by atoms with Gasteiger partial charge in [0.05, 0.1) is 12.3 Å². The highest BCUT2D eigenvalue weighted by Crippen LogP contribution is 2.20.